The lowest BCUT2D eigenvalue weighted by molar-refractivity contribution is -0.129. The highest BCUT2D eigenvalue weighted by Gasteiger charge is 2.45. The molecular weight excluding hydrogens is 314 g/mol. The molecule has 0 bridgehead atoms. The van der Waals surface area contributed by atoms with Crippen LogP contribution in [0.5, 0.6) is 0 Å². The standard InChI is InChI=1S/C12H19N3O4S2/c1-12(2)10(18)15(11(19)21-12)5-4-14-9(17)7-20-6-8(16)13-3/h4-7H2,1-3H3,(H,13,16)(H,14,17). The molecule has 0 aromatic carbocycles. The van der Waals surface area contributed by atoms with Gasteiger partial charge in [0.1, 0.15) is 0 Å². The van der Waals surface area contributed by atoms with Gasteiger partial charge in [0, 0.05) is 20.1 Å². The topological polar surface area (TPSA) is 95.6 Å². The van der Waals surface area contributed by atoms with Gasteiger partial charge in [-0.3, -0.25) is 24.1 Å². The lowest BCUT2D eigenvalue weighted by Crippen LogP contribution is -2.41. The Bertz CT molecular complexity index is 454. The smallest absolute Gasteiger partial charge is 0.289 e. The van der Waals surface area contributed by atoms with Crippen LogP contribution < -0.4 is 10.6 Å². The molecule has 9 heteroatoms. The molecule has 0 spiro atoms. The minimum atomic E-state index is -0.732. The number of nitrogens with one attached hydrogen (secondary N) is 2. The first kappa shape index (κ1) is 17.8. The average Bonchev–Trinajstić information content (AvgIpc) is 2.60. The number of imide groups is 1. The summed E-state index contributed by atoms with van der Waals surface area (Å²) in [6, 6.07) is 0. The highest BCUT2D eigenvalue weighted by Crippen LogP contribution is 2.36. The molecule has 0 aromatic heterocycles. The minimum absolute atomic E-state index is 0.139. The Morgan fingerprint density at radius 1 is 1.24 bits per heavy atom. The van der Waals surface area contributed by atoms with Crippen LogP contribution in [0.3, 0.4) is 0 Å². The summed E-state index contributed by atoms with van der Waals surface area (Å²) in [4.78, 5) is 47.2. The maximum Gasteiger partial charge on any atom is 0.289 e. The first-order chi connectivity index (χ1) is 9.77. The molecule has 1 heterocycles. The molecule has 0 atom stereocenters. The van der Waals surface area contributed by atoms with Gasteiger partial charge in [0.25, 0.3) is 5.24 Å². The van der Waals surface area contributed by atoms with Crippen LogP contribution >= 0.6 is 23.5 Å². The maximum atomic E-state index is 11.9. The van der Waals surface area contributed by atoms with Gasteiger partial charge in [-0.25, -0.2) is 0 Å². The van der Waals surface area contributed by atoms with Crippen molar-refractivity contribution in [1.29, 1.82) is 0 Å². The largest absolute Gasteiger partial charge is 0.358 e. The molecule has 0 radical (unpaired) electrons. The van der Waals surface area contributed by atoms with Crippen molar-refractivity contribution < 1.29 is 19.2 Å². The van der Waals surface area contributed by atoms with Gasteiger partial charge in [-0.05, 0) is 25.6 Å². The molecule has 2 N–H and O–H groups in total. The molecule has 1 saturated heterocycles. The van der Waals surface area contributed by atoms with E-state index in [1.165, 1.54) is 18.8 Å². The molecule has 7 nitrogen and oxygen atoms in total. The first-order valence-electron chi connectivity index (χ1n) is 6.38. The fraction of sp³-hybridized carbons (Fsp3) is 0.667. The third-order valence-corrected chi connectivity index (χ3v) is 4.74. The van der Waals surface area contributed by atoms with Crippen LogP contribution in [-0.4, -0.2) is 64.3 Å². The fourth-order valence-corrected chi connectivity index (χ4v) is 3.22. The predicted octanol–water partition coefficient (Wildman–Crippen LogP) is 0.0558. The molecule has 0 unspecified atom stereocenters. The second-order valence-corrected chi connectivity index (χ2v) is 7.41. The molecule has 1 aliphatic rings. The van der Waals surface area contributed by atoms with Gasteiger partial charge >= 0.3 is 0 Å². The van der Waals surface area contributed by atoms with Gasteiger partial charge in [0.05, 0.1) is 16.3 Å². The van der Waals surface area contributed by atoms with Crippen LogP contribution in [0.25, 0.3) is 0 Å². The summed E-state index contributed by atoms with van der Waals surface area (Å²) in [5, 5.41) is 4.80. The number of rotatable bonds is 7. The Kier molecular flexibility index (Phi) is 6.53. The van der Waals surface area contributed by atoms with Gasteiger partial charge in [-0.2, -0.15) is 0 Å². The third-order valence-electron chi connectivity index (χ3n) is 2.73. The van der Waals surface area contributed by atoms with Crippen molar-refractivity contribution in [3.63, 3.8) is 0 Å². The van der Waals surface area contributed by atoms with E-state index in [0.717, 1.165) is 16.7 Å². The number of thioether (sulfide) groups is 2. The number of nitrogens with zero attached hydrogens (tertiary/aromatic N) is 1. The van der Waals surface area contributed by atoms with Gasteiger partial charge in [0.2, 0.25) is 17.7 Å². The number of hydrogen-bond donors (Lipinski definition) is 2. The molecule has 21 heavy (non-hydrogen) atoms. The summed E-state index contributed by atoms with van der Waals surface area (Å²) in [6.07, 6.45) is 0. The summed E-state index contributed by atoms with van der Waals surface area (Å²) >= 11 is 2.20. The first-order valence-corrected chi connectivity index (χ1v) is 8.35. The van der Waals surface area contributed by atoms with Crippen LogP contribution in [0, 0.1) is 0 Å². The van der Waals surface area contributed by atoms with E-state index >= 15 is 0 Å². The van der Waals surface area contributed by atoms with Crippen molar-refractivity contribution in [3.8, 4) is 0 Å². The van der Waals surface area contributed by atoms with Crippen LogP contribution in [0.15, 0.2) is 0 Å². The number of carbonyl (C=O) groups excluding carboxylic acids is 4. The van der Waals surface area contributed by atoms with Gasteiger partial charge in [-0.15, -0.1) is 11.8 Å². The highest BCUT2D eigenvalue weighted by molar-refractivity contribution is 8.16. The molecule has 118 valence electrons. The van der Waals surface area contributed by atoms with E-state index < -0.39 is 4.75 Å². The molecular formula is C12H19N3O4S2. The second kappa shape index (κ2) is 7.69. The summed E-state index contributed by atoms with van der Waals surface area (Å²) in [7, 11) is 1.53. The van der Waals surface area contributed by atoms with E-state index in [4.69, 9.17) is 0 Å². The van der Waals surface area contributed by atoms with Crippen molar-refractivity contribution in [2.75, 3.05) is 31.6 Å². The quantitative estimate of drug-likeness (QED) is 0.684. The SMILES string of the molecule is CNC(=O)CSCC(=O)NCCN1C(=O)SC(C)(C)C1=O. The van der Waals surface area contributed by atoms with Gasteiger partial charge < -0.3 is 10.6 Å². The van der Waals surface area contributed by atoms with E-state index in [0.29, 0.717) is 0 Å². The van der Waals surface area contributed by atoms with E-state index in [9.17, 15) is 19.2 Å². The Hall–Kier alpha value is -1.22. The van der Waals surface area contributed by atoms with E-state index in [1.807, 2.05) is 0 Å². The van der Waals surface area contributed by atoms with E-state index in [-0.39, 0.29) is 47.6 Å². The van der Waals surface area contributed by atoms with Crippen LogP contribution in [0.2, 0.25) is 0 Å². The van der Waals surface area contributed by atoms with E-state index in [2.05, 4.69) is 10.6 Å². The third kappa shape index (κ3) is 5.24. The summed E-state index contributed by atoms with van der Waals surface area (Å²) in [5.41, 5.74) is 0. The fourth-order valence-electron chi connectivity index (χ4n) is 1.58. The Balaban J connectivity index is 2.25. The molecule has 0 saturated carbocycles. The highest BCUT2D eigenvalue weighted by atomic mass is 32.2. The molecule has 0 aliphatic carbocycles. The summed E-state index contributed by atoms with van der Waals surface area (Å²) in [5.74, 6) is -0.219. The van der Waals surface area contributed by atoms with Crippen molar-refractivity contribution in [2.24, 2.45) is 0 Å². The van der Waals surface area contributed by atoms with Crippen molar-refractivity contribution in [3.05, 3.63) is 0 Å². The van der Waals surface area contributed by atoms with Crippen LogP contribution in [0.4, 0.5) is 4.79 Å². The average molecular weight is 333 g/mol. The summed E-state index contributed by atoms with van der Waals surface area (Å²) in [6.45, 7) is 3.78. The van der Waals surface area contributed by atoms with Gasteiger partial charge in [0.15, 0.2) is 0 Å². The van der Waals surface area contributed by atoms with E-state index in [1.54, 1.807) is 13.8 Å². The van der Waals surface area contributed by atoms with Crippen molar-refractivity contribution >= 4 is 46.5 Å². The van der Waals surface area contributed by atoms with Crippen LogP contribution in [0.1, 0.15) is 13.8 Å². The minimum Gasteiger partial charge on any atom is -0.358 e. The number of hydrogen-bond acceptors (Lipinski definition) is 6. The molecule has 4 amide bonds. The zero-order chi connectivity index (χ0) is 16.0. The maximum absolute atomic E-state index is 11.9. The van der Waals surface area contributed by atoms with Crippen LogP contribution in [-0.2, 0) is 14.4 Å². The molecule has 1 rings (SSSR count). The Morgan fingerprint density at radius 2 is 1.86 bits per heavy atom. The molecule has 1 fully saturated rings. The molecule has 1 aliphatic heterocycles. The Morgan fingerprint density at radius 3 is 2.38 bits per heavy atom. The normalized spacial score (nSPS) is 17.0. The summed E-state index contributed by atoms with van der Waals surface area (Å²) < 4.78 is -0.732. The molecule has 0 aromatic rings. The second-order valence-electron chi connectivity index (χ2n) is 4.85. The Labute approximate surface area is 131 Å². The predicted molar refractivity (Wildman–Crippen MR) is 83.2 cm³/mol. The monoisotopic (exact) mass is 333 g/mol. The lowest BCUT2D eigenvalue weighted by Gasteiger charge is -2.16. The zero-order valence-electron chi connectivity index (χ0n) is 12.2. The van der Waals surface area contributed by atoms with Crippen molar-refractivity contribution in [1.82, 2.24) is 15.5 Å². The van der Waals surface area contributed by atoms with Gasteiger partial charge in [-0.1, -0.05) is 0 Å². The zero-order valence-corrected chi connectivity index (χ0v) is 13.9. The number of amides is 4. The van der Waals surface area contributed by atoms with Crippen molar-refractivity contribution in [2.45, 2.75) is 18.6 Å². The number of carbonyl (C=O) groups is 4. The lowest BCUT2D eigenvalue weighted by atomic mass is 10.2.